The van der Waals surface area contributed by atoms with Gasteiger partial charge in [0.15, 0.2) is 0 Å². The third-order valence-electron chi connectivity index (χ3n) is 3.65. The lowest BCUT2D eigenvalue weighted by molar-refractivity contribution is 0.426. The molecule has 1 aliphatic rings. The van der Waals surface area contributed by atoms with Crippen LogP contribution in [0.2, 0.25) is 0 Å². The molecule has 1 aliphatic carbocycles. The second-order valence-corrected chi connectivity index (χ2v) is 5.52. The fourth-order valence-corrected chi connectivity index (χ4v) is 2.39. The first-order valence-electron chi connectivity index (χ1n) is 7.25. The second-order valence-electron chi connectivity index (χ2n) is 5.52. The molecular weight excluding hydrogens is 225 g/mol. The molecule has 0 radical (unpaired) electrons. The van der Waals surface area contributed by atoms with Gasteiger partial charge in [0, 0.05) is 6.04 Å². The summed E-state index contributed by atoms with van der Waals surface area (Å²) in [5.74, 6) is 0.532. The van der Waals surface area contributed by atoms with E-state index in [1.54, 1.807) is 6.07 Å². The average Bonchev–Trinajstić information content (AvgIpc) is 3.17. The number of halogens is 1. The van der Waals surface area contributed by atoms with E-state index >= 15 is 0 Å². The van der Waals surface area contributed by atoms with E-state index in [1.807, 2.05) is 12.1 Å². The van der Waals surface area contributed by atoms with E-state index in [-0.39, 0.29) is 5.82 Å². The second kappa shape index (κ2) is 6.89. The van der Waals surface area contributed by atoms with E-state index < -0.39 is 0 Å². The van der Waals surface area contributed by atoms with Gasteiger partial charge in [-0.3, -0.25) is 0 Å². The van der Waals surface area contributed by atoms with Crippen LogP contribution >= 0.6 is 0 Å². The Morgan fingerprint density at radius 1 is 1.39 bits per heavy atom. The van der Waals surface area contributed by atoms with Gasteiger partial charge >= 0.3 is 0 Å². The molecule has 100 valence electrons. The maximum atomic E-state index is 13.2. The van der Waals surface area contributed by atoms with Crippen molar-refractivity contribution in [2.45, 2.75) is 51.5 Å². The lowest BCUT2D eigenvalue weighted by Gasteiger charge is -2.17. The van der Waals surface area contributed by atoms with E-state index in [4.69, 9.17) is 0 Å². The highest BCUT2D eigenvalue weighted by Crippen LogP contribution is 2.21. The minimum absolute atomic E-state index is 0.114. The first kappa shape index (κ1) is 13.5. The molecule has 1 aromatic rings. The third kappa shape index (κ3) is 4.77. The van der Waals surface area contributed by atoms with Gasteiger partial charge in [0.25, 0.3) is 0 Å². The molecule has 1 atom stereocenters. The van der Waals surface area contributed by atoms with Crippen molar-refractivity contribution in [2.75, 3.05) is 6.54 Å². The molecule has 0 amide bonds. The van der Waals surface area contributed by atoms with Crippen molar-refractivity contribution >= 4 is 0 Å². The molecule has 1 saturated carbocycles. The van der Waals surface area contributed by atoms with Crippen molar-refractivity contribution in [3.63, 3.8) is 0 Å². The van der Waals surface area contributed by atoms with Gasteiger partial charge in [0.2, 0.25) is 0 Å². The molecule has 0 aliphatic heterocycles. The minimum atomic E-state index is -0.114. The van der Waals surface area contributed by atoms with Crippen LogP contribution in [0.15, 0.2) is 24.3 Å². The lowest BCUT2D eigenvalue weighted by Crippen LogP contribution is -2.26. The van der Waals surface area contributed by atoms with Gasteiger partial charge in [-0.25, -0.2) is 4.39 Å². The third-order valence-corrected chi connectivity index (χ3v) is 3.65. The molecule has 2 rings (SSSR count). The zero-order valence-corrected chi connectivity index (χ0v) is 11.3. The largest absolute Gasteiger partial charge is 0.314 e. The summed E-state index contributed by atoms with van der Waals surface area (Å²) in [6.45, 7) is 3.31. The summed E-state index contributed by atoms with van der Waals surface area (Å²) in [6, 6.07) is 7.82. The standard InChI is InChI=1S/C16H24FN/c1-2-3-5-14(12-18-16-8-9-16)10-13-6-4-7-15(17)11-13/h4,6-7,11,14,16,18H,2-3,5,8-10,12H2,1H3. The highest BCUT2D eigenvalue weighted by atomic mass is 19.1. The average molecular weight is 249 g/mol. The van der Waals surface area contributed by atoms with Crippen LogP contribution in [0.25, 0.3) is 0 Å². The summed E-state index contributed by atoms with van der Waals surface area (Å²) < 4.78 is 13.2. The Hall–Kier alpha value is -0.890. The molecule has 1 aromatic carbocycles. The molecule has 0 saturated heterocycles. The lowest BCUT2D eigenvalue weighted by atomic mass is 9.94. The molecule has 0 bridgehead atoms. The van der Waals surface area contributed by atoms with Crippen LogP contribution in [-0.2, 0) is 6.42 Å². The highest BCUT2D eigenvalue weighted by Gasteiger charge is 2.21. The van der Waals surface area contributed by atoms with E-state index in [9.17, 15) is 4.39 Å². The first-order chi connectivity index (χ1) is 8.78. The van der Waals surface area contributed by atoms with Crippen LogP contribution in [0.4, 0.5) is 4.39 Å². The molecule has 0 heterocycles. The Morgan fingerprint density at radius 3 is 2.89 bits per heavy atom. The Kier molecular flexibility index (Phi) is 5.18. The van der Waals surface area contributed by atoms with Crippen LogP contribution in [0, 0.1) is 11.7 Å². The van der Waals surface area contributed by atoms with Crippen LogP contribution in [0.1, 0.15) is 44.6 Å². The number of rotatable bonds is 8. The summed E-state index contributed by atoms with van der Waals surface area (Å²) in [7, 11) is 0. The topological polar surface area (TPSA) is 12.0 Å². The molecule has 1 unspecified atom stereocenters. The Bertz CT molecular complexity index is 360. The summed E-state index contributed by atoms with van der Waals surface area (Å²) in [5.41, 5.74) is 1.13. The summed E-state index contributed by atoms with van der Waals surface area (Å²) in [5, 5.41) is 3.61. The SMILES string of the molecule is CCCCC(CNC1CC1)Cc1cccc(F)c1. The molecule has 0 spiro atoms. The van der Waals surface area contributed by atoms with Gasteiger partial charge < -0.3 is 5.32 Å². The van der Waals surface area contributed by atoms with Crippen molar-refractivity contribution in [2.24, 2.45) is 5.92 Å². The number of hydrogen-bond donors (Lipinski definition) is 1. The number of benzene rings is 1. The Labute approximate surface area is 110 Å². The normalized spacial score (nSPS) is 16.8. The summed E-state index contributed by atoms with van der Waals surface area (Å²) >= 11 is 0. The highest BCUT2D eigenvalue weighted by molar-refractivity contribution is 5.16. The van der Waals surface area contributed by atoms with Crippen LogP contribution in [0.3, 0.4) is 0 Å². The fourth-order valence-electron chi connectivity index (χ4n) is 2.39. The van der Waals surface area contributed by atoms with Crippen molar-refractivity contribution in [1.29, 1.82) is 0 Å². The molecule has 1 fully saturated rings. The maximum absolute atomic E-state index is 13.2. The van der Waals surface area contributed by atoms with Crippen LogP contribution < -0.4 is 5.32 Å². The van der Waals surface area contributed by atoms with Gasteiger partial charge in [-0.2, -0.15) is 0 Å². The van der Waals surface area contributed by atoms with E-state index in [0.717, 1.165) is 24.6 Å². The Balaban J connectivity index is 1.85. The smallest absolute Gasteiger partial charge is 0.123 e. The van der Waals surface area contributed by atoms with Gasteiger partial charge in [-0.15, -0.1) is 0 Å². The number of nitrogens with one attached hydrogen (secondary N) is 1. The van der Waals surface area contributed by atoms with Crippen molar-refractivity contribution in [3.8, 4) is 0 Å². The molecule has 1 N–H and O–H groups in total. The predicted molar refractivity (Wildman–Crippen MR) is 74.1 cm³/mol. The molecule has 0 aromatic heterocycles. The zero-order chi connectivity index (χ0) is 12.8. The van der Waals surface area contributed by atoms with E-state index in [0.29, 0.717) is 5.92 Å². The van der Waals surface area contributed by atoms with Crippen molar-refractivity contribution in [3.05, 3.63) is 35.6 Å². The number of unbranched alkanes of at least 4 members (excludes halogenated alkanes) is 1. The molecule has 18 heavy (non-hydrogen) atoms. The maximum Gasteiger partial charge on any atom is 0.123 e. The number of hydrogen-bond acceptors (Lipinski definition) is 1. The zero-order valence-electron chi connectivity index (χ0n) is 11.3. The van der Waals surface area contributed by atoms with Gasteiger partial charge in [-0.05, 0) is 55.8 Å². The van der Waals surface area contributed by atoms with E-state index in [2.05, 4.69) is 12.2 Å². The van der Waals surface area contributed by atoms with Gasteiger partial charge in [0.1, 0.15) is 5.82 Å². The van der Waals surface area contributed by atoms with Crippen LogP contribution in [0.5, 0.6) is 0 Å². The summed E-state index contributed by atoms with van der Waals surface area (Å²) in [6.07, 6.45) is 7.42. The molecular formula is C16H24FN. The van der Waals surface area contributed by atoms with Gasteiger partial charge in [0.05, 0.1) is 0 Å². The monoisotopic (exact) mass is 249 g/mol. The molecule has 1 nitrogen and oxygen atoms in total. The van der Waals surface area contributed by atoms with E-state index in [1.165, 1.54) is 38.2 Å². The quantitative estimate of drug-likeness (QED) is 0.736. The predicted octanol–water partition coefficient (Wildman–Crippen LogP) is 3.93. The first-order valence-corrected chi connectivity index (χ1v) is 7.25. The van der Waals surface area contributed by atoms with Crippen molar-refractivity contribution in [1.82, 2.24) is 5.32 Å². The summed E-state index contributed by atoms with van der Waals surface area (Å²) in [4.78, 5) is 0. The van der Waals surface area contributed by atoms with Crippen LogP contribution in [-0.4, -0.2) is 12.6 Å². The fraction of sp³-hybridized carbons (Fsp3) is 0.625. The Morgan fingerprint density at radius 2 is 2.22 bits per heavy atom. The van der Waals surface area contributed by atoms with Crippen molar-refractivity contribution < 1.29 is 4.39 Å². The molecule has 2 heteroatoms. The van der Waals surface area contributed by atoms with Gasteiger partial charge in [-0.1, -0.05) is 31.9 Å². The minimum Gasteiger partial charge on any atom is -0.314 e.